The van der Waals surface area contributed by atoms with Gasteiger partial charge in [-0.25, -0.2) is 4.39 Å². The van der Waals surface area contributed by atoms with E-state index in [1.807, 2.05) is 19.4 Å². The normalized spacial score (nSPS) is 19.8. The number of benzene rings is 1. The van der Waals surface area contributed by atoms with Crippen molar-refractivity contribution in [1.82, 2.24) is 20.0 Å². The summed E-state index contributed by atoms with van der Waals surface area (Å²) in [6, 6.07) is 6.27. The third-order valence-electron chi connectivity index (χ3n) is 4.39. The van der Waals surface area contributed by atoms with E-state index < -0.39 is 0 Å². The maximum absolute atomic E-state index is 13.0. The van der Waals surface area contributed by atoms with E-state index >= 15 is 0 Å². The predicted molar refractivity (Wildman–Crippen MR) is 92.4 cm³/mol. The van der Waals surface area contributed by atoms with E-state index in [-0.39, 0.29) is 36.0 Å². The summed E-state index contributed by atoms with van der Waals surface area (Å²) >= 11 is 0. The summed E-state index contributed by atoms with van der Waals surface area (Å²) in [5.74, 6) is -0.107. The van der Waals surface area contributed by atoms with Gasteiger partial charge in [-0.2, -0.15) is 5.10 Å². The van der Waals surface area contributed by atoms with Gasteiger partial charge < -0.3 is 10.2 Å². The van der Waals surface area contributed by atoms with E-state index in [0.29, 0.717) is 13.1 Å². The van der Waals surface area contributed by atoms with Crippen molar-refractivity contribution in [2.75, 3.05) is 20.1 Å². The van der Waals surface area contributed by atoms with Crippen molar-refractivity contribution in [2.24, 2.45) is 13.0 Å². The zero-order valence-corrected chi connectivity index (χ0v) is 14.6. The largest absolute Gasteiger partial charge is 0.341 e. The van der Waals surface area contributed by atoms with Gasteiger partial charge in [0.2, 0.25) is 5.91 Å². The van der Waals surface area contributed by atoms with E-state index in [9.17, 15) is 9.18 Å². The summed E-state index contributed by atoms with van der Waals surface area (Å²) in [5, 5.41) is 7.51. The molecule has 1 amide bonds. The third kappa shape index (κ3) is 3.94. The van der Waals surface area contributed by atoms with Crippen molar-refractivity contribution in [2.45, 2.75) is 12.5 Å². The van der Waals surface area contributed by atoms with Gasteiger partial charge in [-0.15, -0.1) is 12.4 Å². The summed E-state index contributed by atoms with van der Waals surface area (Å²) < 4.78 is 14.7. The van der Waals surface area contributed by atoms with Crippen molar-refractivity contribution in [3.8, 4) is 0 Å². The molecule has 0 aliphatic carbocycles. The average molecular weight is 353 g/mol. The van der Waals surface area contributed by atoms with Crippen molar-refractivity contribution in [3.63, 3.8) is 0 Å². The fourth-order valence-electron chi connectivity index (χ4n) is 3.14. The lowest BCUT2D eigenvalue weighted by atomic mass is 9.90. The number of nitrogens with one attached hydrogen (secondary N) is 1. The lowest BCUT2D eigenvalue weighted by molar-refractivity contribution is -0.134. The highest BCUT2D eigenvalue weighted by atomic mass is 35.5. The number of nitrogens with zero attached hydrogens (tertiary/aromatic N) is 3. The minimum Gasteiger partial charge on any atom is -0.341 e. The fourth-order valence-corrected chi connectivity index (χ4v) is 3.14. The molecule has 0 radical (unpaired) electrons. The Morgan fingerprint density at radius 1 is 1.38 bits per heavy atom. The number of carbonyl (C=O) groups is 1. The Balaban J connectivity index is 0.00000208. The maximum Gasteiger partial charge on any atom is 0.227 e. The summed E-state index contributed by atoms with van der Waals surface area (Å²) in [6.07, 6.45) is 3.80. The molecule has 1 fully saturated rings. The van der Waals surface area contributed by atoms with Crippen LogP contribution in [-0.4, -0.2) is 40.7 Å². The molecule has 1 aliphatic heterocycles. The number of rotatable bonds is 4. The predicted octanol–water partition coefficient (Wildman–Crippen LogP) is 1.94. The van der Waals surface area contributed by atoms with Crippen LogP contribution in [0, 0.1) is 11.7 Å². The SMILES string of the molecule is CN(Cc1ccc(F)cc1)C(=O)[C@H]1CNC[C@@H]1c1cnn(C)c1.Cl. The van der Waals surface area contributed by atoms with Crippen LogP contribution in [0.3, 0.4) is 0 Å². The van der Waals surface area contributed by atoms with E-state index in [0.717, 1.165) is 17.7 Å². The monoisotopic (exact) mass is 352 g/mol. The topological polar surface area (TPSA) is 50.2 Å². The van der Waals surface area contributed by atoms with Gasteiger partial charge in [0, 0.05) is 45.8 Å². The van der Waals surface area contributed by atoms with Crippen LogP contribution >= 0.6 is 12.4 Å². The summed E-state index contributed by atoms with van der Waals surface area (Å²) in [4.78, 5) is 14.5. The molecule has 130 valence electrons. The molecule has 2 aromatic rings. The second-order valence-corrected chi connectivity index (χ2v) is 6.14. The maximum atomic E-state index is 13.0. The van der Waals surface area contributed by atoms with Gasteiger partial charge >= 0.3 is 0 Å². The number of aryl methyl sites for hydroxylation is 1. The van der Waals surface area contributed by atoms with Crippen molar-refractivity contribution >= 4 is 18.3 Å². The first kappa shape index (κ1) is 18.4. The molecule has 2 heterocycles. The molecule has 1 saturated heterocycles. The fraction of sp³-hybridized carbons (Fsp3) is 0.412. The van der Waals surface area contributed by atoms with Gasteiger partial charge in [0.05, 0.1) is 12.1 Å². The molecule has 24 heavy (non-hydrogen) atoms. The minimum absolute atomic E-state index is 0. The van der Waals surface area contributed by atoms with Crippen LogP contribution in [0.5, 0.6) is 0 Å². The van der Waals surface area contributed by atoms with E-state index in [1.165, 1.54) is 12.1 Å². The molecule has 1 aliphatic rings. The Bertz CT molecular complexity index is 688. The molecule has 2 atom stereocenters. The van der Waals surface area contributed by atoms with Gasteiger partial charge in [0.25, 0.3) is 0 Å². The Kier molecular flexibility index (Phi) is 5.96. The smallest absolute Gasteiger partial charge is 0.227 e. The van der Waals surface area contributed by atoms with E-state index in [2.05, 4.69) is 10.4 Å². The molecule has 1 aromatic heterocycles. The lowest BCUT2D eigenvalue weighted by Gasteiger charge is -2.24. The first-order valence-electron chi connectivity index (χ1n) is 7.73. The van der Waals surface area contributed by atoms with Gasteiger partial charge in [-0.3, -0.25) is 9.48 Å². The molecule has 3 rings (SSSR count). The zero-order valence-electron chi connectivity index (χ0n) is 13.8. The van der Waals surface area contributed by atoms with Crippen LogP contribution in [0.15, 0.2) is 36.7 Å². The van der Waals surface area contributed by atoms with E-state index in [1.54, 1.807) is 28.8 Å². The number of hydrogen-bond acceptors (Lipinski definition) is 3. The number of carbonyl (C=O) groups excluding carboxylic acids is 1. The second kappa shape index (κ2) is 7.77. The molecule has 0 bridgehead atoms. The molecule has 1 aromatic carbocycles. The molecule has 1 N–H and O–H groups in total. The standard InChI is InChI=1S/C17H21FN4O.ClH/c1-21(10-12-3-5-14(18)6-4-12)17(23)16-9-19-8-15(16)13-7-20-22(2)11-13;/h3-7,11,15-16,19H,8-10H2,1-2H3;1H/t15-,16+;/m1./s1. The third-order valence-corrected chi connectivity index (χ3v) is 4.39. The molecule has 7 heteroatoms. The minimum atomic E-state index is -0.264. The van der Waals surface area contributed by atoms with Gasteiger partial charge in [-0.05, 0) is 23.3 Å². The molecule has 0 saturated carbocycles. The Morgan fingerprint density at radius 2 is 2.08 bits per heavy atom. The van der Waals surface area contributed by atoms with Crippen molar-refractivity contribution in [1.29, 1.82) is 0 Å². The summed E-state index contributed by atoms with van der Waals surface area (Å²) in [5.41, 5.74) is 2.01. The van der Waals surface area contributed by atoms with Crippen LogP contribution < -0.4 is 5.32 Å². The molecular weight excluding hydrogens is 331 g/mol. The van der Waals surface area contributed by atoms with Crippen LogP contribution in [0.4, 0.5) is 4.39 Å². The molecular formula is C17H22ClFN4O. The van der Waals surface area contributed by atoms with Gasteiger partial charge in [0.15, 0.2) is 0 Å². The second-order valence-electron chi connectivity index (χ2n) is 6.14. The molecule has 5 nitrogen and oxygen atoms in total. The van der Waals surface area contributed by atoms with Gasteiger partial charge in [-0.1, -0.05) is 12.1 Å². The van der Waals surface area contributed by atoms with Crippen LogP contribution in [0.2, 0.25) is 0 Å². The number of hydrogen-bond donors (Lipinski definition) is 1. The Hall–Kier alpha value is -1.92. The number of aromatic nitrogens is 2. The first-order chi connectivity index (χ1) is 11.0. The zero-order chi connectivity index (χ0) is 16.4. The Labute approximate surface area is 147 Å². The number of amides is 1. The highest BCUT2D eigenvalue weighted by Gasteiger charge is 2.36. The van der Waals surface area contributed by atoms with Crippen LogP contribution in [-0.2, 0) is 18.4 Å². The summed E-state index contributed by atoms with van der Waals surface area (Å²) in [6.45, 7) is 1.94. The summed E-state index contributed by atoms with van der Waals surface area (Å²) in [7, 11) is 3.67. The van der Waals surface area contributed by atoms with Crippen molar-refractivity contribution in [3.05, 3.63) is 53.6 Å². The van der Waals surface area contributed by atoms with Crippen molar-refractivity contribution < 1.29 is 9.18 Å². The molecule has 0 unspecified atom stereocenters. The first-order valence-corrected chi connectivity index (χ1v) is 7.73. The van der Waals surface area contributed by atoms with Crippen LogP contribution in [0.1, 0.15) is 17.0 Å². The average Bonchev–Trinajstić information content (AvgIpc) is 3.17. The lowest BCUT2D eigenvalue weighted by Crippen LogP contribution is -2.35. The van der Waals surface area contributed by atoms with E-state index in [4.69, 9.17) is 0 Å². The number of halogens is 2. The molecule has 0 spiro atoms. The Morgan fingerprint density at radius 3 is 2.71 bits per heavy atom. The highest BCUT2D eigenvalue weighted by molar-refractivity contribution is 5.85. The highest BCUT2D eigenvalue weighted by Crippen LogP contribution is 2.29. The quantitative estimate of drug-likeness (QED) is 0.915. The van der Waals surface area contributed by atoms with Crippen LogP contribution in [0.25, 0.3) is 0 Å². The van der Waals surface area contributed by atoms with Gasteiger partial charge in [0.1, 0.15) is 5.82 Å².